The van der Waals surface area contributed by atoms with Crippen LogP contribution in [-0.2, 0) is 16.8 Å². The topological polar surface area (TPSA) is 65.7 Å². The van der Waals surface area contributed by atoms with Gasteiger partial charge in [0.1, 0.15) is 23.3 Å². The summed E-state index contributed by atoms with van der Waals surface area (Å²) in [5, 5.41) is 0.330. The van der Waals surface area contributed by atoms with Crippen molar-refractivity contribution in [1.29, 1.82) is 0 Å². The first kappa shape index (κ1) is 19.7. The van der Waals surface area contributed by atoms with Gasteiger partial charge in [-0.1, -0.05) is 57.2 Å². The van der Waals surface area contributed by atoms with Crippen molar-refractivity contribution in [2.24, 2.45) is 0 Å². The lowest BCUT2D eigenvalue weighted by Crippen LogP contribution is -2.16. The molecule has 0 radical (unpaired) electrons. The Morgan fingerprint density at radius 1 is 1.07 bits per heavy atom. The molecule has 3 rings (SSSR count). The second-order valence-corrected chi connectivity index (χ2v) is 7.54. The molecule has 0 atom stereocenters. The Labute approximate surface area is 163 Å². The minimum Gasteiger partial charge on any atom is -0.488 e. The Balaban J connectivity index is 2.13. The first-order valence-electron chi connectivity index (χ1n) is 9.26. The van der Waals surface area contributed by atoms with E-state index in [0.717, 1.165) is 11.1 Å². The molecule has 0 amide bonds. The number of fused-ring (bicyclic) bond motifs is 1. The quantitative estimate of drug-likeness (QED) is 0.592. The van der Waals surface area contributed by atoms with Crippen molar-refractivity contribution >= 4 is 16.9 Å². The largest absolute Gasteiger partial charge is 0.488 e. The molecule has 0 bridgehead atoms. The Hall–Kier alpha value is -3.08. The van der Waals surface area contributed by atoms with E-state index in [0.29, 0.717) is 23.3 Å². The fourth-order valence-electron chi connectivity index (χ4n) is 2.98. The number of hydrogen-bond donors (Lipinski definition) is 0. The fraction of sp³-hybridized carbons (Fsp3) is 0.304. The van der Waals surface area contributed by atoms with Crippen LogP contribution in [0.25, 0.3) is 11.0 Å². The highest BCUT2D eigenvalue weighted by Crippen LogP contribution is 2.34. The lowest BCUT2D eigenvalue weighted by Gasteiger charge is -2.21. The molecule has 5 nitrogen and oxygen atoms in total. The molecular weight excluding hydrogens is 356 g/mol. The maximum Gasteiger partial charge on any atom is 0.374 e. The molecule has 0 unspecified atom stereocenters. The number of carbonyl (C=O) groups is 1. The van der Waals surface area contributed by atoms with Crippen molar-refractivity contribution in [3.05, 3.63) is 75.6 Å². The van der Waals surface area contributed by atoms with Gasteiger partial charge in [-0.3, -0.25) is 4.79 Å². The maximum atomic E-state index is 12.9. The van der Waals surface area contributed by atoms with E-state index in [1.54, 1.807) is 13.0 Å². The Kier molecular flexibility index (Phi) is 5.54. The van der Waals surface area contributed by atoms with Crippen LogP contribution in [0.4, 0.5) is 0 Å². The summed E-state index contributed by atoms with van der Waals surface area (Å²) in [7, 11) is 0. The van der Waals surface area contributed by atoms with Crippen molar-refractivity contribution in [2.75, 3.05) is 6.61 Å². The minimum atomic E-state index is -0.656. The second kappa shape index (κ2) is 7.89. The molecule has 0 fully saturated rings. The summed E-state index contributed by atoms with van der Waals surface area (Å²) >= 11 is 0. The predicted molar refractivity (Wildman–Crippen MR) is 108 cm³/mol. The summed E-state index contributed by atoms with van der Waals surface area (Å²) < 4.78 is 16.8. The Morgan fingerprint density at radius 3 is 2.43 bits per heavy atom. The van der Waals surface area contributed by atoms with E-state index >= 15 is 0 Å². The molecule has 0 spiro atoms. The van der Waals surface area contributed by atoms with Gasteiger partial charge in [0.25, 0.3) is 0 Å². The van der Waals surface area contributed by atoms with Crippen molar-refractivity contribution in [3.63, 3.8) is 0 Å². The van der Waals surface area contributed by atoms with Gasteiger partial charge in [-0.25, -0.2) is 4.79 Å². The maximum absolute atomic E-state index is 12.9. The first-order valence-corrected chi connectivity index (χ1v) is 9.26. The monoisotopic (exact) mass is 380 g/mol. The van der Waals surface area contributed by atoms with Crippen LogP contribution in [-0.4, -0.2) is 12.6 Å². The third kappa shape index (κ3) is 4.09. The second-order valence-electron chi connectivity index (χ2n) is 7.54. The highest BCUT2D eigenvalue weighted by atomic mass is 16.5. The van der Waals surface area contributed by atoms with E-state index in [4.69, 9.17) is 13.9 Å². The molecule has 28 heavy (non-hydrogen) atoms. The van der Waals surface area contributed by atoms with E-state index in [1.165, 1.54) is 6.07 Å². The Bertz CT molecular complexity index is 1040. The van der Waals surface area contributed by atoms with Gasteiger partial charge in [0.2, 0.25) is 5.76 Å². The normalized spacial score (nSPS) is 11.4. The molecule has 0 saturated carbocycles. The molecule has 0 N–H and O–H groups in total. The van der Waals surface area contributed by atoms with Crippen LogP contribution in [0.2, 0.25) is 0 Å². The minimum absolute atomic E-state index is 0.106. The molecule has 0 aliphatic heterocycles. The number of rotatable bonds is 5. The number of ether oxygens (including phenoxy) is 2. The number of carbonyl (C=O) groups excluding carboxylic acids is 1. The predicted octanol–water partition coefficient (Wildman–Crippen LogP) is 4.85. The molecule has 146 valence electrons. The molecule has 2 aromatic carbocycles. The van der Waals surface area contributed by atoms with E-state index in [1.807, 2.05) is 57.2 Å². The smallest absolute Gasteiger partial charge is 0.374 e. The SMILES string of the molecule is CCOC(=O)c1cc(=O)c2c(OCc3ccccc3)ccc(C(C)(C)C)c2o1. The van der Waals surface area contributed by atoms with Crippen LogP contribution in [0.1, 0.15) is 49.4 Å². The summed E-state index contributed by atoms with van der Waals surface area (Å²) in [5.41, 5.74) is 1.53. The zero-order chi connectivity index (χ0) is 20.3. The molecule has 1 aromatic heterocycles. The van der Waals surface area contributed by atoms with Crippen LogP contribution >= 0.6 is 0 Å². The van der Waals surface area contributed by atoms with Crippen LogP contribution < -0.4 is 10.2 Å². The average molecular weight is 380 g/mol. The summed E-state index contributed by atoms with van der Waals surface area (Å²) in [5.74, 6) is -0.335. The first-order chi connectivity index (χ1) is 13.3. The van der Waals surface area contributed by atoms with Crippen molar-refractivity contribution < 1.29 is 18.7 Å². The van der Waals surface area contributed by atoms with Crippen LogP contribution in [0, 0.1) is 0 Å². The molecule has 5 heteroatoms. The Morgan fingerprint density at radius 2 is 1.79 bits per heavy atom. The van der Waals surface area contributed by atoms with Crippen molar-refractivity contribution in [3.8, 4) is 5.75 Å². The third-order valence-corrected chi connectivity index (χ3v) is 4.36. The van der Waals surface area contributed by atoms with Gasteiger partial charge in [0, 0.05) is 11.6 Å². The summed E-state index contributed by atoms with van der Waals surface area (Å²) in [4.78, 5) is 25.0. The molecule has 3 aromatic rings. The number of esters is 1. The van der Waals surface area contributed by atoms with Crippen LogP contribution in [0.5, 0.6) is 5.75 Å². The molecular formula is C23H24O5. The fourth-order valence-corrected chi connectivity index (χ4v) is 2.98. The van der Waals surface area contributed by atoms with Gasteiger partial charge in [-0.2, -0.15) is 0 Å². The van der Waals surface area contributed by atoms with Crippen LogP contribution in [0.3, 0.4) is 0 Å². The zero-order valence-corrected chi connectivity index (χ0v) is 16.6. The molecule has 0 aliphatic rings. The van der Waals surface area contributed by atoms with Gasteiger partial charge >= 0.3 is 5.97 Å². The lowest BCUT2D eigenvalue weighted by atomic mass is 9.85. The van der Waals surface area contributed by atoms with E-state index in [9.17, 15) is 9.59 Å². The van der Waals surface area contributed by atoms with E-state index in [2.05, 4.69) is 0 Å². The summed E-state index contributed by atoms with van der Waals surface area (Å²) in [6, 6.07) is 14.5. The highest BCUT2D eigenvalue weighted by molar-refractivity contribution is 5.92. The van der Waals surface area contributed by atoms with Gasteiger partial charge in [0.15, 0.2) is 5.43 Å². The number of hydrogen-bond acceptors (Lipinski definition) is 5. The lowest BCUT2D eigenvalue weighted by molar-refractivity contribution is 0.0490. The summed E-state index contributed by atoms with van der Waals surface area (Å²) in [6.45, 7) is 8.28. The molecule has 1 heterocycles. The average Bonchev–Trinajstić information content (AvgIpc) is 2.66. The third-order valence-electron chi connectivity index (χ3n) is 4.36. The van der Waals surface area contributed by atoms with Crippen molar-refractivity contribution in [1.82, 2.24) is 0 Å². The van der Waals surface area contributed by atoms with E-state index < -0.39 is 5.97 Å². The molecule has 0 saturated heterocycles. The highest BCUT2D eigenvalue weighted by Gasteiger charge is 2.24. The van der Waals surface area contributed by atoms with Gasteiger partial charge in [-0.05, 0) is 24.0 Å². The van der Waals surface area contributed by atoms with Crippen molar-refractivity contribution in [2.45, 2.75) is 39.7 Å². The van der Waals surface area contributed by atoms with Gasteiger partial charge in [-0.15, -0.1) is 0 Å². The van der Waals surface area contributed by atoms with Gasteiger partial charge in [0.05, 0.1) is 6.61 Å². The number of benzene rings is 2. The van der Waals surface area contributed by atoms with Crippen LogP contribution in [0.15, 0.2) is 57.7 Å². The standard InChI is InChI=1S/C23H24O5/c1-5-26-22(25)19-13-17(24)20-18(27-14-15-9-7-6-8-10-15)12-11-16(21(20)28-19)23(2,3)4/h6-13H,5,14H2,1-4H3. The van der Waals surface area contributed by atoms with E-state index in [-0.39, 0.29) is 23.2 Å². The molecule has 0 aliphatic carbocycles. The summed E-state index contributed by atoms with van der Waals surface area (Å²) in [6.07, 6.45) is 0. The zero-order valence-electron chi connectivity index (χ0n) is 16.6. The van der Waals surface area contributed by atoms with Gasteiger partial charge < -0.3 is 13.9 Å².